The smallest absolute Gasteiger partial charge is 0.371 e. The average Bonchev–Trinajstić information content (AvgIpc) is 2.40. The summed E-state index contributed by atoms with van der Waals surface area (Å²) in [6.45, 7) is 3.36. The molecule has 18 heavy (non-hydrogen) atoms. The Balaban J connectivity index is 2.38. The molecule has 0 aromatic heterocycles. The lowest BCUT2D eigenvalue weighted by Crippen LogP contribution is -2.06. The molecule has 0 saturated carbocycles. The van der Waals surface area contributed by atoms with E-state index in [1.165, 1.54) is 0 Å². The van der Waals surface area contributed by atoms with E-state index in [1.807, 2.05) is 42.5 Å². The number of ether oxygens (including phenoxy) is 1. The fraction of sp³-hybridized carbons (Fsp3) is 0. The van der Waals surface area contributed by atoms with Crippen LogP contribution in [0.1, 0.15) is 0 Å². The van der Waals surface area contributed by atoms with Gasteiger partial charge in [0.1, 0.15) is 5.75 Å². The number of para-hydroxylation sites is 1. The SMILES string of the molecule is C=C(Oc1ccccc1-c1ccccc1)C(=O)O. The summed E-state index contributed by atoms with van der Waals surface area (Å²) in [6, 6.07) is 16.9. The number of hydrogen-bond donors (Lipinski definition) is 1. The highest BCUT2D eigenvalue weighted by atomic mass is 16.5. The van der Waals surface area contributed by atoms with Crippen LogP contribution in [0.25, 0.3) is 11.1 Å². The Hall–Kier alpha value is -2.55. The van der Waals surface area contributed by atoms with Crippen molar-refractivity contribution in [1.82, 2.24) is 0 Å². The van der Waals surface area contributed by atoms with Gasteiger partial charge in [-0.05, 0) is 18.2 Å². The van der Waals surface area contributed by atoms with E-state index in [9.17, 15) is 4.79 Å². The van der Waals surface area contributed by atoms with Crippen LogP contribution in [0.15, 0.2) is 66.9 Å². The summed E-state index contributed by atoms with van der Waals surface area (Å²) in [5, 5.41) is 8.78. The highest BCUT2D eigenvalue weighted by molar-refractivity contribution is 5.84. The Kier molecular flexibility index (Phi) is 3.44. The van der Waals surface area contributed by atoms with E-state index in [1.54, 1.807) is 12.1 Å². The summed E-state index contributed by atoms with van der Waals surface area (Å²) in [5.41, 5.74) is 1.80. The first-order chi connectivity index (χ1) is 8.68. The number of hydrogen-bond acceptors (Lipinski definition) is 2. The molecule has 0 radical (unpaired) electrons. The van der Waals surface area contributed by atoms with Gasteiger partial charge in [-0.25, -0.2) is 4.79 Å². The molecule has 0 amide bonds. The second kappa shape index (κ2) is 5.19. The van der Waals surface area contributed by atoms with Crippen molar-refractivity contribution in [2.75, 3.05) is 0 Å². The van der Waals surface area contributed by atoms with E-state index in [-0.39, 0.29) is 5.76 Å². The van der Waals surface area contributed by atoms with E-state index in [0.29, 0.717) is 5.75 Å². The molecule has 3 heteroatoms. The number of carboxylic acid groups (broad SMARTS) is 1. The fourth-order valence-corrected chi connectivity index (χ4v) is 1.59. The molecule has 0 aliphatic carbocycles. The van der Waals surface area contributed by atoms with Gasteiger partial charge in [-0.3, -0.25) is 0 Å². The first-order valence-corrected chi connectivity index (χ1v) is 5.43. The summed E-state index contributed by atoms with van der Waals surface area (Å²) >= 11 is 0. The van der Waals surface area contributed by atoms with Gasteiger partial charge < -0.3 is 9.84 Å². The molecule has 0 saturated heterocycles. The third kappa shape index (κ3) is 2.58. The van der Waals surface area contributed by atoms with Gasteiger partial charge in [-0.15, -0.1) is 0 Å². The van der Waals surface area contributed by atoms with Gasteiger partial charge in [0, 0.05) is 5.56 Å². The quantitative estimate of drug-likeness (QED) is 0.658. The van der Waals surface area contributed by atoms with Crippen LogP contribution in [0.2, 0.25) is 0 Å². The van der Waals surface area contributed by atoms with Crippen molar-refractivity contribution in [3.63, 3.8) is 0 Å². The number of carboxylic acids is 1. The van der Waals surface area contributed by atoms with Crippen molar-refractivity contribution in [3.8, 4) is 16.9 Å². The predicted molar refractivity (Wildman–Crippen MR) is 69.3 cm³/mol. The first kappa shape index (κ1) is 11.9. The largest absolute Gasteiger partial charge is 0.475 e. The van der Waals surface area contributed by atoms with Crippen molar-refractivity contribution in [1.29, 1.82) is 0 Å². The van der Waals surface area contributed by atoms with E-state index < -0.39 is 5.97 Å². The van der Waals surface area contributed by atoms with E-state index in [4.69, 9.17) is 9.84 Å². The van der Waals surface area contributed by atoms with Crippen LogP contribution in [0.3, 0.4) is 0 Å². The molecule has 2 aromatic carbocycles. The normalized spacial score (nSPS) is 9.78. The van der Waals surface area contributed by atoms with E-state index >= 15 is 0 Å². The zero-order valence-electron chi connectivity index (χ0n) is 9.67. The molecule has 2 aromatic rings. The van der Waals surface area contributed by atoms with Crippen molar-refractivity contribution in [2.24, 2.45) is 0 Å². The van der Waals surface area contributed by atoms with Crippen LogP contribution < -0.4 is 4.74 Å². The molecule has 0 bridgehead atoms. The number of carbonyl (C=O) groups is 1. The maximum Gasteiger partial charge on any atom is 0.371 e. The van der Waals surface area contributed by atoms with Crippen LogP contribution in [0.4, 0.5) is 0 Å². The molecular weight excluding hydrogens is 228 g/mol. The maximum atomic E-state index is 10.7. The Bertz CT molecular complexity index is 573. The summed E-state index contributed by atoms with van der Waals surface area (Å²) < 4.78 is 5.27. The number of aliphatic carboxylic acids is 1. The third-order valence-corrected chi connectivity index (χ3v) is 2.44. The van der Waals surface area contributed by atoms with Gasteiger partial charge in [0.05, 0.1) is 0 Å². The Morgan fingerprint density at radius 3 is 2.28 bits per heavy atom. The molecule has 0 aliphatic rings. The summed E-state index contributed by atoms with van der Waals surface area (Å²) in [7, 11) is 0. The molecule has 90 valence electrons. The van der Waals surface area contributed by atoms with Gasteiger partial charge in [0.25, 0.3) is 0 Å². The molecular formula is C15H12O3. The summed E-state index contributed by atoms with van der Waals surface area (Å²) in [4.78, 5) is 10.7. The molecule has 2 rings (SSSR count). The van der Waals surface area contributed by atoms with Crippen molar-refractivity contribution in [2.45, 2.75) is 0 Å². The Morgan fingerprint density at radius 2 is 1.61 bits per heavy atom. The third-order valence-electron chi connectivity index (χ3n) is 2.44. The topological polar surface area (TPSA) is 46.5 Å². The zero-order valence-corrected chi connectivity index (χ0v) is 9.67. The Morgan fingerprint density at radius 1 is 1.00 bits per heavy atom. The van der Waals surface area contributed by atoms with Gasteiger partial charge in [0.2, 0.25) is 5.76 Å². The lowest BCUT2D eigenvalue weighted by molar-refractivity contribution is -0.135. The molecule has 0 unspecified atom stereocenters. The highest BCUT2D eigenvalue weighted by Gasteiger charge is 2.10. The number of benzene rings is 2. The zero-order chi connectivity index (χ0) is 13.0. The summed E-state index contributed by atoms with van der Waals surface area (Å²) in [6.07, 6.45) is 0. The van der Waals surface area contributed by atoms with E-state index in [0.717, 1.165) is 11.1 Å². The highest BCUT2D eigenvalue weighted by Crippen LogP contribution is 2.30. The minimum Gasteiger partial charge on any atom is -0.475 e. The van der Waals surface area contributed by atoms with Crippen molar-refractivity contribution < 1.29 is 14.6 Å². The summed E-state index contributed by atoms with van der Waals surface area (Å²) in [5.74, 6) is -0.979. The molecule has 1 N–H and O–H groups in total. The lowest BCUT2D eigenvalue weighted by Gasteiger charge is -2.10. The second-order valence-corrected chi connectivity index (χ2v) is 3.69. The molecule has 0 spiro atoms. The minimum atomic E-state index is -1.17. The second-order valence-electron chi connectivity index (χ2n) is 3.69. The first-order valence-electron chi connectivity index (χ1n) is 5.43. The molecule has 0 fully saturated rings. The van der Waals surface area contributed by atoms with Crippen LogP contribution in [-0.2, 0) is 4.79 Å². The lowest BCUT2D eigenvalue weighted by atomic mass is 10.1. The van der Waals surface area contributed by atoms with Gasteiger partial charge in [0.15, 0.2) is 0 Å². The van der Waals surface area contributed by atoms with E-state index in [2.05, 4.69) is 6.58 Å². The monoisotopic (exact) mass is 240 g/mol. The van der Waals surface area contributed by atoms with Gasteiger partial charge in [-0.2, -0.15) is 0 Å². The van der Waals surface area contributed by atoms with Gasteiger partial charge >= 0.3 is 5.97 Å². The van der Waals surface area contributed by atoms with Crippen molar-refractivity contribution >= 4 is 5.97 Å². The minimum absolute atomic E-state index is 0.293. The molecule has 0 aliphatic heterocycles. The van der Waals surface area contributed by atoms with Crippen LogP contribution in [0, 0.1) is 0 Å². The fourth-order valence-electron chi connectivity index (χ4n) is 1.59. The Labute approximate surface area is 105 Å². The van der Waals surface area contributed by atoms with Crippen LogP contribution in [0.5, 0.6) is 5.75 Å². The standard InChI is InChI=1S/C15H12O3/c1-11(15(16)17)18-14-10-6-5-9-13(14)12-7-3-2-4-8-12/h2-10H,1H2,(H,16,17). The molecule has 0 atom stereocenters. The van der Waals surface area contributed by atoms with Crippen LogP contribution in [-0.4, -0.2) is 11.1 Å². The molecule has 3 nitrogen and oxygen atoms in total. The maximum absolute atomic E-state index is 10.7. The van der Waals surface area contributed by atoms with Crippen LogP contribution >= 0.6 is 0 Å². The predicted octanol–water partition coefficient (Wildman–Crippen LogP) is 3.33. The van der Waals surface area contributed by atoms with Gasteiger partial charge in [-0.1, -0.05) is 48.5 Å². The van der Waals surface area contributed by atoms with Crippen molar-refractivity contribution in [3.05, 3.63) is 66.9 Å². The number of rotatable bonds is 4. The molecule has 0 heterocycles. The average molecular weight is 240 g/mol.